The average Bonchev–Trinajstić information content (AvgIpc) is 2.18. The van der Waals surface area contributed by atoms with Crippen molar-refractivity contribution in [3.63, 3.8) is 0 Å². The van der Waals surface area contributed by atoms with Crippen molar-refractivity contribution in [2.75, 3.05) is 0 Å². The van der Waals surface area contributed by atoms with Gasteiger partial charge in [-0.3, -0.25) is 4.79 Å². The van der Waals surface area contributed by atoms with E-state index in [2.05, 4.69) is 9.72 Å². The van der Waals surface area contributed by atoms with Crippen LogP contribution in [0.15, 0.2) is 6.07 Å². The number of carboxylic acid groups (broad SMARTS) is 1. The summed E-state index contributed by atoms with van der Waals surface area (Å²) in [6.07, 6.45) is -11.9. The lowest BCUT2D eigenvalue weighted by Crippen LogP contribution is -2.21. The van der Waals surface area contributed by atoms with Crippen molar-refractivity contribution in [1.82, 2.24) is 4.98 Å². The number of aromatic nitrogens is 1. The Kier molecular flexibility index (Phi) is 4.10. The van der Waals surface area contributed by atoms with Gasteiger partial charge in [0.15, 0.2) is 5.69 Å². The molecule has 1 heterocycles. The van der Waals surface area contributed by atoms with Crippen molar-refractivity contribution < 1.29 is 45.4 Å². The Hall–Kier alpha value is -2.07. The highest BCUT2D eigenvalue weighted by molar-refractivity contribution is 5.71. The fourth-order valence-corrected chi connectivity index (χ4v) is 1.19. The number of ether oxygens (including phenoxy) is 1. The Morgan fingerprint density at radius 1 is 1.25 bits per heavy atom. The third kappa shape index (κ3) is 4.24. The van der Waals surface area contributed by atoms with Gasteiger partial charge in [-0.25, -0.2) is 4.98 Å². The minimum absolute atomic E-state index is 0.213. The Balaban J connectivity index is 3.39. The second-order valence-corrected chi connectivity index (χ2v) is 3.39. The molecule has 1 aromatic rings. The summed E-state index contributed by atoms with van der Waals surface area (Å²) in [5.74, 6) is -5.36. The Labute approximate surface area is 105 Å². The van der Waals surface area contributed by atoms with Crippen molar-refractivity contribution in [1.29, 1.82) is 0 Å². The van der Waals surface area contributed by atoms with E-state index in [9.17, 15) is 35.5 Å². The number of rotatable bonds is 3. The zero-order valence-electron chi connectivity index (χ0n) is 9.14. The summed E-state index contributed by atoms with van der Waals surface area (Å²) in [7, 11) is 0. The van der Waals surface area contributed by atoms with Crippen molar-refractivity contribution >= 4 is 5.97 Å². The predicted molar refractivity (Wildman–Crippen MR) is 47.2 cm³/mol. The molecular formula is C9H4F7NO3. The van der Waals surface area contributed by atoms with E-state index in [0.29, 0.717) is 0 Å². The zero-order chi connectivity index (χ0) is 15.7. The number of pyridine rings is 1. The smallest absolute Gasteiger partial charge is 0.481 e. The van der Waals surface area contributed by atoms with E-state index in [1.165, 1.54) is 0 Å². The summed E-state index contributed by atoms with van der Waals surface area (Å²) in [6.45, 7) is 0. The second-order valence-electron chi connectivity index (χ2n) is 3.39. The van der Waals surface area contributed by atoms with Crippen LogP contribution in [0.25, 0.3) is 0 Å². The number of nitrogens with zero attached hydrogens (tertiary/aromatic N) is 1. The van der Waals surface area contributed by atoms with Gasteiger partial charge in [-0.2, -0.15) is 17.6 Å². The first kappa shape index (κ1) is 16.0. The number of halogens is 7. The third-order valence-corrected chi connectivity index (χ3v) is 1.88. The molecule has 112 valence electrons. The van der Waals surface area contributed by atoms with Gasteiger partial charge in [-0.1, -0.05) is 0 Å². The molecule has 0 bridgehead atoms. The molecule has 0 radical (unpaired) electrons. The molecule has 4 nitrogen and oxygen atoms in total. The molecule has 0 aliphatic carbocycles. The first-order chi connectivity index (χ1) is 8.90. The van der Waals surface area contributed by atoms with Gasteiger partial charge in [-0.05, 0) is 0 Å². The maximum atomic E-state index is 13.3. The monoisotopic (exact) mass is 307 g/mol. The van der Waals surface area contributed by atoms with E-state index in [1.807, 2.05) is 0 Å². The van der Waals surface area contributed by atoms with Gasteiger partial charge >= 0.3 is 18.5 Å². The molecule has 0 saturated heterocycles. The molecule has 0 unspecified atom stereocenters. The maximum Gasteiger partial charge on any atom is 0.573 e. The highest BCUT2D eigenvalue weighted by atomic mass is 19.4. The molecule has 1 N–H and O–H groups in total. The molecule has 0 spiro atoms. The van der Waals surface area contributed by atoms with E-state index in [-0.39, 0.29) is 6.07 Å². The normalized spacial score (nSPS) is 12.3. The lowest BCUT2D eigenvalue weighted by Gasteiger charge is -2.15. The summed E-state index contributed by atoms with van der Waals surface area (Å²) in [4.78, 5) is 12.8. The number of carbonyl (C=O) groups is 1. The standard InChI is InChI=1S/C9H4F7NO3/c10-7-3(1-6(18)19)4(20-9(14,15)16)2-5(17-7)8(11,12)13/h2H,1H2,(H,18,19). The quantitative estimate of drug-likeness (QED) is 0.689. The number of alkyl halides is 6. The fraction of sp³-hybridized carbons (Fsp3) is 0.333. The summed E-state index contributed by atoms with van der Waals surface area (Å²) < 4.78 is 89.4. The highest BCUT2D eigenvalue weighted by Crippen LogP contribution is 2.35. The van der Waals surface area contributed by atoms with Crippen molar-refractivity contribution in [2.45, 2.75) is 19.0 Å². The van der Waals surface area contributed by atoms with Crippen LogP contribution in [0.2, 0.25) is 0 Å². The molecule has 0 aliphatic heterocycles. The molecule has 0 aliphatic rings. The number of hydrogen-bond donors (Lipinski definition) is 1. The van der Waals surface area contributed by atoms with E-state index >= 15 is 0 Å². The van der Waals surface area contributed by atoms with Gasteiger partial charge < -0.3 is 9.84 Å². The van der Waals surface area contributed by atoms with Crippen molar-refractivity contribution in [2.24, 2.45) is 0 Å². The van der Waals surface area contributed by atoms with E-state index < -0.39 is 47.9 Å². The largest absolute Gasteiger partial charge is 0.573 e. The summed E-state index contributed by atoms with van der Waals surface area (Å²) in [5.41, 5.74) is -3.20. The van der Waals surface area contributed by atoms with Crippen LogP contribution >= 0.6 is 0 Å². The minimum atomic E-state index is -5.41. The van der Waals surface area contributed by atoms with Crippen LogP contribution in [0.4, 0.5) is 30.7 Å². The van der Waals surface area contributed by atoms with Crippen LogP contribution in [-0.4, -0.2) is 22.4 Å². The lowest BCUT2D eigenvalue weighted by atomic mass is 10.1. The van der Waals surface area contributed by atoms with Gasteiger partial charge in [-0.15, -0.1) is 13.2 Å². The highest BCUT2D eigenvalue weighted by Gasteiger charge is 2.38. The number of carboxylic acids is 1. The van der Waals surface area contributed by atoms with Crippen LogP contribution in [0.5, 0.6) is 5.75 Å². The van der Waals surface area contributed by atoms with E-state index in [4.69, 9.17) is 5.11 Å². The van der Waals surface area contributed by atoms with Crippen LogP contribution in [-0.2, 0) is 17.4 Å². The predicted octanol–water partition coefficient (Wildman–Crippen LogP) is 2.77. The summed E-state index contributed by atoms with van der Waals surface area (Å²) >= 11 is 0. The zero-order valence-corrected chi connectivity index (χ0v) is 9.14. The number of hydrogen-bond acceptors (Lipinski definition) is 3. The second kappa shape index (κ2) is 5.13. The Morgan fingerprint density at radius 3 is 2.20 bits per heavy atom. The minimum Gasteiger partial charge on any atom is -0.481 e. The molecule has 0 saturated carbocycles. The SMILES string of the molecule is O=C(O)Cc1c(OC(F)(F)F)cc(C(F)(F)F)nc1F. The average molecular weight is 307 g/mol. The molecule has 0 fully saturated rings. The first-order valence-electron chi connectivity index (χ1n) is 4.64. The van der Waals surface area contributed by atoms with Crippen LogP contribution < -0.4 is 4.74 Å². The molecule has 0 atom stereocenters. The lowest BCUT2D eigenvalue weighted by molar-refractivity contribution is -0.275. The topological polar surface area (TPSA) is 59.4 Å². The van der Waals surface area contributed by atoms with Gasteiger partial charge in [0.2, 0.25) is 5.95 Å². The molecule has 1 rings (SSSR count). The van der Waals surface area contributed by atoms with E-state index in [0.717, 1.165) is 0 Å². The van der Waals surface area contributed by atoms with E-state index in [1.54, 1.807) is 0 Å². The molecule has 0 amide bonds. The Morgan fingerprint density at radius 2 is 1.80 bits per heavy atom. The molecule has 0 aromatic carbocycles. The molecule has 20 heavy (non-hydrogen) atoms. The van der Waals surface area contributed by atoms with Gasteiger partial charge in [0.25, 0.3) is 0 Å². The molecular weight excluding hydrogens is 303 g/mol. The fourth-order valence-electron chi connectivity index (χ4n) is 1.19. The van der Waals surface area contributed by atoms with Crippen molar-refractivity contribution in [3.8, 4) is 5.75 Å². The first-order valence-corrected chi connectivity index (χ1v) is 4.64. The molecule has 1 aromatic heterocycles. The van der Waals surface area contributed by atoms with Crippen LogP contribution in [0, 0.1) is 5.95 Å². The van der Waals surface area contributed by atoms with Gasteiger partial charge in [0, 0.05) is 6.07 Å². The van der Waals surface area contributed by atoms with Crippen LogP contribution in [0.3, 0.4) is 0 Å². The van der Waals surface area contributed by atoms with Gasteiger partial charge in [0.1, 0.15) is 5.75 Å². The third-order valence-electron chi connectivity index (χ3n) is 1.88. The summed E-state index contributed by atoms with van der Waals surface area (Å²) in [6, 6.07) is -0.213. The molecule has 11 heteroatoms. The maximum absolute atomic E-state index is 13.3. The van der Waals surface area contributed by atoms with Gasteiger partial charge in [0.05, 0.1) is 12.0 Å². The summed E-state index contributed by atoms with van der Waals surface area (Å²) in [5, 5.41) is 8.39. The number of aliphatic carboxylic acids is 1. The Bertz CT molecular complexity index is 523. The van der Waals surface area contributed by atoms with Crippen molar-refractivity contribution in [3.05, 3.63) is 23.3 Å². The van der Waals surface area contributed by atoms with Crippen LogP contribution in [0.1, 0.15) is 11.3 Å².